The maximum Gasteiger partial charge on any atom is 0.306 e. The molecule has 0 heterocycles. The van der Waals surface area contributed by atoms with Crippen molar-refractivity contribution in [1.82, 2.24) is 0 Å². The molecule has 0 saturated heterocycles. The molecule has 0 bridgehead atoms. The molecule has 0 spiro atoms. The first-order chi connectivity index (χ1) is 43.5. The van der Waals surface area contributed by atoms with Gasteiger partial charge < -0.3 is 38.3 Å². The predicted octanol–water partition coefficient (Wildman–Crippen LogP) is 14.0. The van der Waals surface area contributed by atoms with E-state index in [1.54, 1.807) is 70.6 Å². The summed E-state index contributed by atoms with van der Waals surface area (Å²) < 4.78 is 43.2. The minimum absolute atomic E-state index is 0.0745. The SMILES string of the molecule is O=C(CCSCc1ccccc1)OCC(COCC(COC(=O)CCSCc1ccccc1)(COC(=O)CCSCc1ccccc1)COC(O)CCSCc1ccccc1)(COC(=O)CCSCc1ccccc1)COC(=O)CCSCc1ccccc1. The molecule has 0 aromatic heterocycles. The van der Waals surface area contributed by atoms with Gasteiger partial charge in [-0.3, -0.25) is 24.0 Å². The molecule has 1 N–H and O–H groups in total. The number of hydrogen-bond donors (Lipinski definition) is 1. The minimum atomic E-state index is -1.46. The highest BCUT2D eigenvalue weighted by molar-refractivity contribution is 7.99. The molecule has 478 valence electrons. The lowest BCUT2D eigenvalue weighted by atomic mass is 9.90. The van der Waals surface area contributed by atoms with E-state index in [-0.39, 0.29) is 91.4 Å². The quantitative estimate of drug-likeness (QED) is 0.0165. The van der Waals surface area contributed by atoms with Crippen molar-refractivity contribution in [3.8, 4) is 0 Å². The molecule has 0 fully saturated rings. The van der Waals surface area contributed by atoms with E-state index in [9.17, 15) is 29.1 Å². The Bertz CT molecular complexity index is 2660. The first kappa shape index (κ1) is 72.7. The molecular weight excluding hydrogens is 1240 g/mol. The zero-order valence-corrected chi connectivity index (χ0v) is 55.5. The zero-order chi connectivity index (χ0) is 62.7. The third-order valence-corrected chi connectivity index (χ3v) is 19.7. The molecule has 19 heteroatoms. The molecule has 0 saturated carbocycles. The Morgan fingerprint density at radius 2 is 0.517 bits per heavy atom. The maximum absolute atomic E-state index is 13.7. The van der Waals surface area contributed by atoms with Crippen molar-refractivity contribution in [2.75, 3.05) is 87.4 Å². The van der Waals surface area contributed by atoms with E-state index in [0.717, 1.165) is 39.1 Å². The van der Waals surface area contributed by atoms with Gasteiger partial charge in [0.15, 0.2) is 6.29 Å². The zero-order valence-electron chi connectivity index (χ0n) is 50.6. The number of ether oxygens (including phenoxy) is 7. The average molecular weight is 1330 g/mol. The number of aliphatic hydroxyl groups excluding tert-OH is 1. The Morgan fingerprint density at radius 3 is 0.753 bits per heavy atom. The van der Waals surface area contributed by atoms with Crippen LogP contribution in [-0.4, -0.2) is 129 Å². The van der Waals surface area contributed by atoms with Gasteiger partial charge in [0.2, 0.25) is 0 Å². The molecule has 0 aliphatic rings. The van der Waals surface area contributed by atoms with E-state index >= 15 is 0 Å². The minimum Gasteiger partial charge on any atom is -0.465 e. The van der Waals surface area contributed by atoms with Crippen LogP contribution in [0.1, 0.15) is 71.9 Å². The van der Waals surface area contributed by atoms with Crippen molar-refractivity contribution in [1.29, 1.82) is 0 Å². The number of aliphatic hydroxyl groups is 1. The highest BCUT2D eigenvalue weighted by atomic mass is 32.2. The number of carbonyl (C=O) groups excluding carboxylic acids is 5. The van der Waals surface area contributed by atoms with E-state index in [1.807, 2.05) is 182 Å². The third kappa shape index (κ3) is 32.5. The fourth-order valence-electron chi connectivity index (χ4n) is 8.42. The van der Waals surface area contributed by atoms with E-state index in [1.165, 1.54) is 0 Å². The number of esters is 5. The third-order valence-electron chi connectivity index (χ3n) is 13.5. The van der Waals surface area contributed by atoms with Gasteiger partial charge in [-0.2, -0.15) is 70.6 Å². The van der Waals surface area contributed by atoms with Gasteiger partial charge in [-0.25, -0.2) is 0 Å². The maximum atomic E-state index is 13.7. The molecule has 6 aromatic rings. The van der Waals surface area contributed by atoms with Crippen LogP contribution < -0.4 is 0 Å². The van der Waals surface area contributed by atoms with Crippen molar-refractivity contribution in [2.45, 2.75) is 79.3 Å². The summed E-state index contributed by atoms with van der Waals surface area (Å²) in [5.74, 6) is 4.64. The van der Waals surface area contributed by atoms with E-state index in [0.29, 0.717) is 63.3 Å². The lowest BCUT2D eigenvalue weighted by molar-refractivity contribution is -0.184. The number of hydrogen-bond acceptors (Lipinski definition) is 19. The van der Waals surface area contributed by atoms with Gasteiger partial charge in [-0.1, -0.05) is 182 Å². The number of benzene rings is 6. The molecule has 1 unspecified atom stereocenters. The highest BCUT2D eigenvalue weighted by Crippen LogP contribution is 2.29. The summed E-state index contributed by atoms with van der Waals surface area (Å²) in [4.78, 5) is 68.5. The topological polar surface area (TPSA) is 170 Å². The van der Waals surface area contributed by atoms with E-state index in [4.69, 9.17) is 33.2 Å². The van der Waals surface area contributed by atoms with Crippen LogP contribution in [0.3, 0.4) is 0 Å². The number of rotatable bonds is 47. The van der Waals surface area contributed by atoms with Gasteiger partial charge in [0.25, 0.3) is 0 Å². The molecule has 0 amide bonds. The van der Waals surface area contributed by atoms with Crippen molar-refractivity contribution in [3.05, 3.63) is 215 Å². The molecule has 0 radical (unpaired) electrons. The van der Waals surface area contributed by atoms with Crippen LogP contribution in [-0.2, 0) is 91.6 Å². The monoisotopic (exact) mass is 1320 g/mol. The van der Waals surface area contributed by atoms with Gasteiger partial charge in [0, 0.05) is 69.7 Å². The van der Waals surface area contributed by atoms with Gasteiger partial charge in [-0.15, -0.1) is 0 Å². The van der Waals surface area contributed by atoms with E-state index in [2.05, 4.69) is 0 Å². The smallest absolute Gasteiger partial charge is 0.306 e. The van der Waals surface area contributed by atoms with Crippen LogP contribution in [0.2, 0.25) is 0 Å². The molecule has 13 nitrogen and oxygen atoms in total. The van der Waals surface area contributed by atoms with Gasteiger partial charge >= 0.3 is 29.8 Å². The second-order valence-corrected chi connectivity index (χ2v) is 28.0. The summed E-state index contributed by atoms with van der Waals surface area (Å²) in [6.07, 6.45) is -0.605. The molecule has 89 heavy (non-hydrogen) atoms. The highest BCUT2D eigenvalue weighted by Gasteiger charge is 2.41. The standard InChI is InChI=1S/C70H84O13S6/c71-63(31-37-84-43-57-19-7-1-8-20-57)78-51-69(52-79-64(72)32-38-85-44-58-21-9-2-10-22-58,53-80-65(73)33-39-86-45-59-23-11-3-12-24-59)49-77-50-70(54-81-66(74)34-40-87-46-60-25-13-4-14-26-60,55-82-67(75)35-41-88-47-61-27-15-5-16-28-61)56-83-68(76)36-42-89-48-62-29-17-6-18-30-62/h1-30,63,71H,31-56H2. The second kappa shape index (κ2) is 44.2. The van der Waals surface area contributed by atoms with Crippen LogP contribution in [0, 0.1) is 10.8 Å². The molecule has 1 atom stereocenters. The van der Waals surface area contributed by atoms with Crippen LogP contribution in [0.5, 0.6) is 0 Å². The van der Waals surface area contributed by atoms with Crippen LogP contribution in [0.15, 0.2) is 182 Å². The van der Waals surface area contributed by atoms with E-state index < -0.39 is 47.0 Å². The number of carbonyl (C=O) groups is 5. The summed E-state index contributed by atoms with van der Waals surface area (Å²) in [6, 6.07) is 59.7. The largest absolute Gasteiger partial charge is 0.465 e. The van der Waals surface area contributed by atoms with Crippen LogP contribution >= 0.6 is 70.6 Å². The Labute approximate surface area is 551 Å². The summed E-state index contributed by atoms with van der Waals surface area (Å²) in [7, 11) is 0. The van der Waals surface area contributed by atoms with Crippen LogP contribution in [0.4, 0.5) is 0 Å². The summed E-state index contributed by atoms with van der Waals surface area (Å²) in [6.45, 7) is -2.67. The fourth-order valence-corrected chi connectivity index (χ4v) is 13.8. The van der Waals surface area contributed by atoms with Gasteiger partial charge in [0.1, 0.15) is 33.0 Å². The molecule has 6 aromatic carbocycles. The van der Waals surface area contributed by atoms with Crippen molar-refractivity contribution >= 4 is 100 Å². The Balaban J connectivity index is 1.23. The summed E-state index contributed by atoms with van der Waals surface area (Å²) in [5, 5.41) is 11.4. The Morgan fingerprint density at radius 1 is 0.303 bits per heavy atom. The lowest BCUT2D eigenvalue weighted by Crippen LogP contribution is -2.47. The normalized spacial score (nSPS) is 11.8. The lowest BCUT2D eigenvalue weighted by Gasteiger charge is -2.36. The summed E-state index contributed by atoms with van der Waals surface area (Å²) >= 11 is 9.60. The van der Waals surface area contributed by atoms with Crippen molar-refractivity contribution in [2.24, 2.45) is 10.8 Å². The van der Waals surface area contributed by atoms with Gasteiger partial charge in [0.05, 0.1) is 62.8 Å². The molecule has 0 aliphatic heterocycles. The predicted molar refractivity (Wildman–Crippen MR) is 366 cm³/mol. The molecular formula is C70H84O13S6. The number of thioether (sulfide) groups is 6. The van der Waals surface area contributed by atoms with Crippen molar-refractivity contribution in [3.63, 3.8) is 0 Å². The fraction of sp³-hybridized carbons (Fsp3) is 0.414. The summed E-state index contributed by atoms with van der Waals surface area (Å²) in [5.41, 5.74) is 3.88. The first-order valence-corrected chi connectivity index (χ1v) is 36.8. The second-order valence-electron chi connectivity index (χ2n) is 21.3. The molecule has 0 aliphatic carbocycles. The van der Waals surface area contributed by atoms with Crippen molar-refractivity contribution < 1.29 is 62.2 Å². The van der Waals surface area contributed by atoms with Crippen LogP contribution in [0.25, 0.3) is 0 Å². The Hall–Kier alpha value is -5.35. The van der Waals surface area contributed by atoms with Gasteiger partial charge in [-0.05, 0) is 39.1 Å². The Kier molecular flexibility index (Phi) is 36.1. The molecule has 6 rings (SSSR count). The first-order valence-electron chi connectivity index (χ1n) is 29.9. The average Bonchev–Trinajstić information content (AvgIpc) is 3.39.